The number of ketones is 1. The molecule has 1 aromatic carbocycles. The van der Waals surface area contributed by atoms with Crippen molar-refractivity contribution < 1.29 is 23.0 Å². The predicted octanol–water partition coefficient (Wildman–Crippen LogP) is 3.46. The molecule has 1 aromatic heterocycles. The van der Waals surface area contributed by atoms with E-state index in [-0.39, 0.29) is 17.6 Å². The zero-order valence-electron chi connectivity index (χ0n) is 13.7. The van der Waals surface area contributed by atoms with Crippen LogP contribution in [0.15, 0.2) is 42.6 Å². The van der Waals surface area contributed by atoms with Gasteiger partial charge in [-0.05, 0) is 36.8 Å². The van der Waals surface area contributed by atoms with Crippen molar-refractivity contribution in [2.75, 3.05) is 24.6 Å². The fourth-order valence-electron chi connectivity index (χ4n) is 2.70. The van der Waals surface area contributed by atoms with Crippen LogP contribution >= 0.6 is 0 Å². The lowest BCUT2D eigenvalue weighted by Gasteiger charge is -2.34. The summed E-state index contributed by atoms with van der Waals surface area (Å²) >= 11 is 0. The fourth-order valence-corrected chi connectivity index (χ4v) is 2.70. The molecule has 7 heteroatoms. The summed E-state index contributed by atoms with van der Waals surface area (Å²) in [4.78, 5) is 17.7. The molecule has 0 bridgehead atoms. The summed E-state index contributed by atoms with van der Waals surface area (Å²) in [5, 5.41) is 0. The van der Waals surface area contributed by atoms with E-state index in [9.17, 15) is 13.6 Å². The maximum Gasteiger partial charge on any atom is 0.387 e. The molecule has 3 rings (SSSR count). The Morgan fingerprint density at radius 3 is 2.64 bits per heavy atom. The first-order valence-electron chi connectivity index (χ1n) is 7.91. The molecule has 0 radical (unpaired) electrons. The molecule has 0 N–H and O–H groups in total. The van der Waals surface area contributed by atoms with Gasteiger partial charge in [0, 0.05) is 24.8 Å². The molecular weight excluding hydrogens is 330 g/mol. The topological polar surface area (TPSA) is 51.7 Å². The van der Waals surface area contributed by atoms with Gasteiger partial charge in [0.2, 0.25) is 0 Å². The molecule has 0 aliphatic carbocycles. The number of Topliss-reactive ketones (excluding diaryl/α,β-unsaturated/α-hetero) is 1. The maximum absolute atomic E-state index is 12.2. The number of pyridine rings is 1. The Labute approximate surface area is 144 Å². The van der Waals surface area contributed by atoms with Crippen molar-refractivity contribution in [1.82, 2.24) is 4.98 Å². The van der Waals surface area contributed by atoms with Crippen molar-refractivity contribution in [2.24, 2.45) is 0 Å². The summed E-state index contributed by atoms with van der Waals surface area (Å²) in [6, 6.07) is 10.0. The standard InChI is InChI=1S/C18H18F2N2O3/c1-12(23)14-4-7-17(21-10-14)22-8-9-24-16(11-22)13-2-5-15(6-3-13)25-18(19)20/h2-7,10,16,18H,8-9,11H2,1H3/t16-/m0/s1. The second kappa shape index (κ2) is 7.57. The third kappa shape index (κ3) is 4.30. The molecule has 25 heavy (non-hydrogen) atoms. The summed E-state index contributed by atoms with van der Waals surface area (Å²) in [5.74, 6) is 0.869. The van der Waals surface area contributed by atoms with Crippen LogP contribution in [0.4, 0.5) is 14.6 Å². The molecule has 1 atom stereocenters. The highest BCUT2D eigenvalue weighted by molar-refractivity contribution is 5.93. The maximum atomic E-state index is 12.2. The van der Waals surface area contributed by atoms with Gasteiger partial charge in [-0.1, -0.05) is 12.1 Å². The predicted molar refractivity (Wildman–Crippen MR) is 88.2 cm³/mol. The van der Waals surface area contributed by atoms with E-state index in [0.717, 1.165) is 11.4 Å². The minimum atomic E-state index is -2.84. The lowest BCUT2D eigenvalue weighted by Crippen LogP contribution is -2.38. The highest BCUT2D eigenvalue weighted by atomic mass is 19.3. The van der Waals surface area contributed by atoms with Crippen LogP contribution in [-0.4, -0.2) is 37.1 Å². The van der Waals surface area contributed by atoms with Gasteiger partial charge in [-0.3, -0.25) is 4.79 Å². The summed E-state index contributed by atoms with van der Waals surface area (Å²) in [6.45, 7) is 0.465. The molecule has 0 unspecified atom stereocenters. The SMILES string of the molecule is CC(=O)c1ccc(N2CCO[C@H](c3ccc(OC(F)F)cc3)C2)nc1. The highest BCUT2D eigenvalue weighted by Gasteiger charge is 2.23. The van der Waals surface area contributed by atoms with Gasteiger partial charge in [-0.15, -0.1) is 0 Å². The Kier molecular flexibility index (Phi) is 5.23. The van der Waals surface area contributed by atoms with Gasteiger partial charge in [0.15, 0.2) is 5.78 Å². The summed E-state index contributed by atoms with van der Waals surface area (Å²) in [7, 11) is 0. The van der Waals surface area contributed by atoms with Crippen LogP contribution < -0.4 is 9.64 Å². The van der Waals surface area contributed by atoms with Gasteiger partial charge >= 0.3 is 6.61 Å². The number of ether oxygens (including phenoxy) is 2. The summed E-state index contributed by atoms with van der Waals surface area (Å²) in [5.41, 5.74) is 1.45. The second-order valence-electron chi connectivity index (χ2n) is 5.71. The molecule has 0 saturated carbocycles. The molecule has 5 nitrogen and oxygen atoms in total. The number of alkyl halides is 2. The van der Waals surface area contributed by atoms with Crippen molar-refractivity contribution in [3.8, 4) is 5.75 Å². The quantitative estimate of drug-likeness (QED) is 0.775. The summed E-state index contributed by atoms with van der Waals surface area (Å²) < 4.78 is 34.6. The smallest absolute Gasteiger partial charge is 0.387 e. The molecular formula is C18H18F2N2O3. The molecule has 1 aliphatic heterocycles. The van der Waals surface area contributed by atoms with Crippen LogP contribution in [0.25, 0.3) is 0 Å². The highest BCUT2D eigenvalue weighted by Crippen LogP contribution is 2.27. The van der Waals surface area contributed by atoms with E-state index in [1.54, 1.807) is 24.4 Å². The first-order chi connectivity index (χ1) is 12.0. The zero-order valence-corrected chi connectivity index (χ0v) is 13.7. The van der Waals surface area contributed by atoms with E-state index < -0.39 is 6.61 Å². The summed E-state index contributed by atoms with van der Waals surface area (Å²) in [6.07, 6.45) is 1.38. The Hall–Kier alpha value is -2.54. The van der Waals surface area contributed by atoms with Gasteiger partial charge < -0.3 is 14.4 Å². The second-order valence-corrected chi connectivity index (χ2v) is 5.71. The molecule has 1 fully saturated rings. The number of rotatable bonds is 5. The van der Waals surface area contributed by atoms with Crippen LogP contribution in [0.3, 0.4) is 0 Å². The van der Waals surface area contributed by atoms with Crippen molar-refractivity contribution in [3.05, 3.63) is 53.7 Å². The van der Waals surface area contributed by atoms with Crippen molar-refractivity contribution in [1.29, 1.82) is 0 Å². The van der Waals surface area contributed by atoms with E-state index in [1.165, 1.54) is 19.1 Å². The first-order valence-corrected chi connectivity index (χ1v) is 7.91. The zero-order chi connectivity index (χ0) is 17.8. The lowest BCUT2D eigenvalue weighted by atomic mass is 10.1. The third-order valence-corrected chi connectivity index (χ3v) is 4.02. The fraction of sp³-hybridized carbons (Fsp3) is 0.333. The van der Waals surface area contributed by atoms with E-state index >= 15 is 0 Å². The largest absolute Gasteiger partial charge is 0.435 e. The number of hydrogen-bond acceptors (Lipinski definition) is 5. The van der Waals surface area contributed by atoms with Crippen LogP contribution in [0.2, 0.25) is 0 Å². The van der Waals surface area contributed by atoms with Crippen molar-refractivity contribution >= 4 is 11.6 Å². The van der Waals surface area contributed by atoms with Crippen LogP contribution in [0.5, 0.6) is 5.75 Å². The van der Waals surface area contributed by atoms with E-state index in [0.29, 0.717) is 25.3 Å². The number of benzene rings is 1. The Balaban J connectivity index is 1.69. The molecule has 1 aliphatic rings. The minimum Gasteiger partial charge on any atom is -0.435 e. The van der Waals surface area contributed by atoms with Crippen LogP contribution in [0, 0.1) is 0 Å². The average molecular weight is 348 g/mol. The Morgan fingerprint density at radius 1 is 1.28 bits per heavy atom. The van der Waals surface area contributed by atoms with Crippen molar-refractivity contribution in [3.63, 3.8) is 0 Å². The average Bonchev–Trinajstić information content (AvgIpc) is 2.62. The number of carbonyl (C=O) groups excluding carboxylic acids is 1. The Bertz CT molecular complexity index is 720. The minimum absolute atomic E-state index is 0.0231. The molecule has 1 saturated heterocycles. The van der Waals surface area contributed by atoms with Crippen LogP contribution in [0.1, 0.15) is 28.9 Å². The number of halogens is 2. The van der Waals surface area contributed by atoms with Gasteiger partial charge in [-0.2, -0.15) is 8.78 Å². The molecule has 132 valence electrons. The number of morpholine rings is 1. The molecule has 2 heterocycles. The van der Waals surface area contributed by atoms with E-state index in [4.69, 9.17) is 4.74 Å². The molecule has 0 amide bonds. The van der Waals surface area contributed by atoms with Gasteiger partial charge in [0.05, 0.1) is 6.61 Å². The number of anilines is 1. The normalized spacial score (nSPS) is 17.6. The monoisotopic (exact) mass is 348 g/mol. The number of carbonyl (C=O) groups is 1. The Morgan fingerprint density at radius 2 is 2.04 bits per heavy atom. The van der Waals surface area contributed by atoms with Crippen molar-refractivity contribution in [2.45, 2.75) is 19.6 Å². The number of nitrogens with zero attached hydrogens (tertiary/aromatic N) is 2. The molecule has 0 spiro atoms. The van der Waals surface area contributed by atoms with E-state index in [2.05, 4.69) is 14.6 Å². The number of aromatic nitrogens is 1. The van der Waals surface area contributed by atoms with E-state index in [1.807, 2.05) is 6.07 Å². The number of hydrogen-bond donors (Lipinski definition) is 0. The molecule has 2 aromatic rings. The van der Waals surface area contributed by atoms with Crippen LogP contribution in [-0.2, 0) is 4.74 Å². The van der Waals surface area contributed by atoms with Gasteiger partial charge in [-0.25, -0.2) is 4.98 Å². The van der Waals surface area contributed by atoms with Gasteiger partial charge in [0.1, 0.15) is 17.7 Å². The van der Waals surface area contributed by atoms with Gasteiger partial charge in [0.25, 0.3) is 0 Å². The lowest BCUT2D eigenvalue weighted by molar-refractivity contribution is -0.0498. The first kappa shape index (κ1) is 17.3. The third-order valence-electron chi connectivity index (χ3n) is 4.02.